The van der Waals surface area contributed by atoms with Crippen LogP contribution in [0.2, 0.25) is 0 Å². The molecule has 0 aromatic heterocycles. The summed E-state index contributed by atoms with van der Waals surface area (Å²) in [5.41, 5.74) is 2.37. The summed E-state index contributed by atoms with van der Waals surface area (Å²) >= 11 is 0. The molecule has 136 valence electrons. The topological polar surface area (TPSA) is 47.6 Å². The first-order chi connectivity index (χ1) is 11.9. The van der Waals surface area contributed by atoms with E-state index in [1.807, 2.05) is 32.1 Å². The minimum Gasteiger partial charge on any atom is -0.497 e. The fourth-order valence-corrected chi connectivity index (χ4v) is 2.37. The Morgan fingerprint density at radius 1 is 1.28 bits per heavy atom. The van der Waals surface area contributed by atoms with E-state index < -0.39 is 0 Å². The van der Waals surface area contributed by atoms with Crippen LogP contribution in [0.3, 0.4) is 0 Å². The first kappa shape index (κ1) is 20.6. The standard InChI is InChI=1S/C21H29NO3/c1-7-9-19(15(3)10-11-17(5)24-6)22-21(23)18-12-13-20(25-8-2)16(4)14-18/h10-14,19H,3,5,7-9H2,1-2,4,6H3,(H,22,23)/b11-10-. The zero-order valence-electron chi connectivity index (χ0n) is 15.7. The summed E-state index contributed by atoms with van der Waals surface area (Å²) < 4.78 is 10.5. The molecule has 4 nitrogen and oxygen atoms in total. The molecule has 0 fully saturated rings. The van der Waals surface area contributed by atoms with Crippen LogP contribution in [0.1, 0.15) is 42.6 Å². The Morgan fingerprint density at radius 2 is 2.00 bits per heavy atom. The summed E-state index contributed by atoms with van der Waals surface area (Å²) in [6, 6.07) is 5.32. The molecule has 0 saturated carbocycles. The zero-order chi connectivity index (χ0) is 18.8. The Balaban J connectivity index is 2.85. The van der Waals surface area contributed by atoms with Crippen molar-refractivity contribution in [3.63, 3.8) is 0 Å². The monoisotopic (exact) mass is 343 g/mol. The van der Waals surface area contributed by atoms with Crippen molar-refractivity contribution in [3.05, 3.63) is 66.0 Å². The van der Waals surface area contributed by atoms with Gasteiger partial charge in [0.15, 0.2) is 0 Å². The van der Waals surface area contributed by atoms with Crippen molar-refractivity contribution in [3.8, 4) is 5.75 Å². The summed E-state index contributed by atoms with van der Waals surface area (Å²) in [6.07, 6.45) is 5.32. The van der Waals surface area contributed by atoms with Gasteiger partial charge in [-0.2, -0.15) is 0 Å². The first-order valence-corrected chi connectivity index (χ1v) is 8.56. The Kier molecular flexibility index (Phi) is 8.54. The van der Waals surface area contributed by atoms with E-state index in [-0.39, 0.29) is 11.9 Å². The Hall–Kier alpha value is -2.49. The highest BCUT2D eigenvalue weighted by Gasteiger charge is 2.15. The molecular formula is C21H29NO3. The molecule has 1 aromatic carbocycles. The van der Waals surface area contributed by atoms with Gasteiger partial charge in [0.05, 0.1) is 19.8 Å². The molecule has 4 heteroatoms. The predicted molar refractivity (Wildman–Crippen MR) is 103 cm³/mol. The number of carbonyl (C=O) groups excluding carboxylic acids is 1. The molecule has 1 amide bonds. The lowest BCUT2D eigenvalue weighted by atomic mass is 10.0. The van der Waals surface area contributed by atoms with Crippen LogP contribution in [0, 0.1) is 6.92 Å². The van der Waals surface area contributed by atoms with Crippen molar-refractivity contribution in [2.24, 2.45) is 0 Å². The number of nitrogens with one attached hydrogen (secondary N) is 1. The average Bonchev–Trinajstić information content (AvgIpc) is 2.60. The molecule has 1 rings (SSSR count). The molecule has 0 aliphatic carbocycles. The van der Waals surface area contributed by atoms with Gasteiger partial charge in [0.25, 0.3) is 5.91 Å². The minimum absolute atomic E-state index is 0.121. The van der Waals surface area contributed by atoms with Crippen LogP contribution in [0.25, 0.3) is 0 Å². The molecule has 25 heavy (non-hydrogen) atoms. The molecule has 1 aromatic rings. The fourth-order valence-electron chi connectivity index (χ4n) is 2.37. The van der Waals surface area contributed by atoms with Gasteiger partial charge in [-0.05, 0) is 55.7 Å². The number of rotatable bonds is 10. The van der Waals surface area contributed by atoms with Crippen LogP contribution in [0.4, 0.5) is 0 Å². The minimum atomic E-state index is -0.134. The third kappa shape index (κ3) is 6.49. The number of ether oxygens (including phenoxy) is 2. The fraction of sp³-hybridized carbons (Fsp3) is 0.381. The van der Waals surface area contributed by atoms with E-state index in [0.29, 0.717) is 17.9 Å². The lowest BCUT2D eigenvalue weighted by Gasteiger charge is -2.19. The largest absolute Gasteiger partial charge is 0.497 e. The molecule has 0 spiro atoms. The van der Waals surface area contributed by atoms with Crippen LogP contribution in [0.5, 0.6) is 5.75 Å². The van der Waals surface area contributed by atoms with E-state index >= 15 is 0 Å². The van der Waals surface area contributed by atoms with Gasteiger partial charge in [0.2, 0.25) is 0 Å². The molecule has 0 aliphatic rings. The van der Waals surface area contributed by atoms with Crippen molar-refractivity contribution < 1.29 is 14.3 Å². The summed E-state index contributed by atoms with van der Waals surface area (Å²) in [7, 11) is 1.56. The smallest absolute Gasteiger partial charge is 0.251 e. The Bertz CT molecular complexity index is 647. The van der Waals surface area contributed by atoms with Gasteiger partial charge >= 0.3 is 0 Å². The van der Waals surface area contributed by atoms with Crippen LogP contribution < -0.4 is 10.1 Å². The van der Waals surface area contributed by atoms with Gasteiger partial charge in [-0.3, -0.25) is 4.79 Å². The highest BCUT2D eigenvalue weighted by atomic mass is 16.5. The third-order valence-electron chi connectivity index (χ3n) is 3.81. The van der Waals surface area contributed by atoms with Crippen molar-refractivity contribution in [2.45, 2.75) is 39.7 Å². The van der Waals surface area contributed by atoms with Gasteiger partial charge < -0.3 is 14.8 Å². The van der Waals surface area contributed by atoms with E-state index in [4.69, 9.17) is 9.47 Å². The highest BCUT2D eigenvalue weighted by Crippen LogP contribution is 2.19. The zero-order valence-corrected chi connectivity index (χ0v) is 15.7. The molecule has 0 radical (unpaired) electrons. The van der Waals surface area contributed by atoms with Gasteiger partial charge in [-0.1, -0.05) is 32.6 Å². The average molecular weight is 343 g/mol. The van der Waals surface area contributed by atoms with E-state index in [1.165, 1.54) is 0 Å². The van der Waals surface area contributed by atoms with E-state index in [0.717, 1.165) is 29.7 Å². The number of amides is 1. The molecule has 1 atom stereocenters. The van der Waals surface area contributed by atoms with Crippen LogP contribution >= 0.6 is 0 Å². The van der Waals surface area contributed by atoms with E-state index in [9.17, 15) is 4.79 Å². The van der Waals surface area contributed by atoms with Crippen molar-refractivity contribution in [1.82, 2.24) is 5.32 Å². The first-order valence-electron chi connectivity index (χ1n) is 8.56. The molecule has 0 bridgehead atoms. The van der Waals surface area contributed by atoms with Crippen molar-refractivity contribution in [1.29, 1.82) is 0 Å². The number of benzene rings is 1. The van der Waals surface area contributed by atoms with Crippen molar-refractivity contribution >= 4 is 5.91 Å². The SMILES string of the molecule is C=C(/C=C\C(=C)C(CCC)NC(=O)c1ccc(OCC)c(C)c1)OC. The maximum atomic E-state index is 12.6. The normalized spacial score (nSPS) is 11.8. The number of hydrogen-bond acceptors (Lipinski definition) is 3. The lowest BCUT2D eigenvalue weighted by molar-refractivity contribution is 0.0941. The quantitative estimate of drug-likeness (QED) is 0.500. The van der Waals surface area contributed by atoms with E-state index in [1.54, 1.807) is 19.3 Å². The second-order valence-corrected chi connectivity index (χ2v) is 5.81. The van der Waals surface area contributed by atoms with Crippen LogP contribution in [-0.2, 0) is 4.74 Å². The third-order valence-corrected chi connectivity index (χ3v) is 3.81. The van der Waals surface area contributed by atoms with Gasteiger partial charge in [-0.15, -0.1) is 0 Å². The van der Waals surface area contributed by atoms with Gasteiger partial charge in [-0.25, -0.2) is 0 Å². The molecule has 0 aliphatic heterocycles. The highest BCUT2D eigenvalue weighted by molar-refractivity contribution is 5.95. The van der Waals surface area contributed by atoms with Gasteiger partial charge in [0.1, 0.15) is 11.5 Å². The lowest BCUT2D eigenvalue weighted by Crippen LogP contribution is -2.35. The summed E-state index contributed by atoms with van der Waals surface area (Å²) in [5.74, 6) is 1.23. The molecule has 1 unspecified atom stereocenters. The summed E-state index contributed by atoms with van der Waals surface area (Å²) in [6.45, 7) is 14.4. The van der Waals surface area contributed by atoms with Crippen LogP contribution in [-0.4, -0.2) is 25.7 Å². The maximum absolute atomic E-state index is 12.6. The molecule has 0 saturated heterocycles. The summed E-state index contributed by atoms with van der Waals surface area (Å²) in [4.78, 5) is 12.6. The Labute approximate surface area is 151 Å². The Morgan fingerprint density at radius 3 is 2.56 bits per heavy atom. The van der Waals surface area contributed by atoms with Gasteiger partial charge in [0, 0.05) is 5.56 Å². The molecule has 1 N–H and O–H groups in total. The predicted octanol–water partition coefficient (Wildman–Crippen LogP) is 4.56. The number of carbonyl (C=O) groups is 1. The van der Waals surface area contributed by atoms with E-state index in [2.05, 4.69) is 25.4 Å². The number of methoxy groups -OCH3 is 1. The van der Waals surface area contributed by atoms with Crippen LogP contribution in [0.15, 0.2) is 54.8 Å². The summed E-state index contributed by atoms with van der Waals surface area (Å²) in [5, 5.41) is 3.05. The van der Waals surface area contributed by atoms with Crippen molar-refractivity contribution in [2.75, 3.05) is 13.7 Å². The molecular weight excluding hydrogens is 314 g/mol. The maximum Gasteiger partial charge on any atom is 0.251 e. The number of aryl methyl sites for hydroxylation is 1. The molecule has 0 heterocycles. The second kappa shape index (κ2) is 10.4. The number of allylic oxidation sites excluding steroid dienone is 1. The number of hydrogen-bond donors (Lipinski definition) is 1. The second-order valence-electron chi connectivity index (χ2n) is 5.81.